The third-order valence-corrected chi connectivity index (χ3v) is 5.50. The van der Waals surface area contributed by atoms with Crippen LogP contribution in [0.1, 0.15) is 12.0 Å². The standard InChI is InChI=1S/C21H18F3N3O2S/c22-21(23,24)29-18-7-5-17(6-8-18)27-11-2-10-26(20(27)28)14-15-3-1-4-16(13-15)19-25-9-12-30-19/h1,3-9,12-13H,2,10-11,14H2. The van der Waals surface area contributed by atoms with Crippen molar-refractivity contribution < 1.29 is 22.7 Å². The SMILES string of the molecule is O=C1N(Cc2cccc(-c3nccs3)c2)CCCN1c1ccc(OC(F)(F)F)cc1. The highest BCUT2D eigenvalue weighted by Crippen LogP contribution is 2.28. The highest BCUT2D eigenvalue weighted by molar-refractivity contribution is 7.13. The smallest absolute Gasteiger partial charge is 0.406 e. The van der Waals surface area contributed by atoms with Crippen molar-refractivity contribution in [2.24, 2.45) is 0 Å². The first-order valence-corrected chi connectivity index (χ1v) is 10.2. The van der Waals surface area contributed by atoms with Crippen LogP contribution in [0.2, 0.25) is 0 Å². The minimum absolute atomic E-state index is 0.176. The number of alkyl halides is 3. The molecule has 3 aromatic rings. The van der Waals surface area contributed by atoms with Crippen LogP contribution >= 0.6 is 11.3 Å². The Morgan fingerprint density at radius 3 is 2.60 bits per heavy atom. The Balaban J connectivity index is 1.47. The summed E-state index contributed by atoms with van der Waals surface area (Å²) in [7, 11) is 0. The molecule has 156 valence electrons. The van der Waals surface area contributed by atoms with E-state index in [0.717, 1.165) is 22.6 Å². The van der Waals surface area contributed by atoms with Crippen molar-refractivity contribution in [3.8, 4) is 16.3 Å². The lowest BCUT2D eigenvalue weighted by Crippen LogP contribution is -2.49. The molecule has 1 aliphatic heterocycles. The van der Waals surface area contributed by atoms with Crippen LogP contribution in [0.5, 0.6) is 5.75 Å². The molecule has 0 unspecified atom stereocenters. The van der Waals surface area contributed by atoms with Crippen LogP contribution in [-0.2, 0) is 6.54 Å². The quantitative estimate of drug-likeness (QED) is 0.531. The second-order valence-corrected chi connectivity index (χ2v) is 7.68. The molecule has 0 spiro atoms. The first kappa shape index (κ1) is 20.2. The Hall–Kier alpha value is -3.07. The molecule has 0 radical (unpaired) electrons. The third kappa shape index (κ3) is 4.73. The van der Waals surface area contributed by atoms with Gasteiger partial charge in [0.1, 0.15) is 10.8 Å². The van der Waals surface area contributed by atoms with Crippen LogP contribution < -0.4 is 9.64 Å². The molecular weight excluding hydrogens is 415 g/mol. The zero-order chi connectivity index (χ0) is 21.1. The molecule has 0 N–H and O–H groups in total. The van der Waals surface area contributed by atoms with Crippen LogP contribution in [0, 0.1) is 0 Å². The van der Waals surface area contributed by atoms with E-state index >= 15 is 0 Å². The lowest BCUT2D eigenvalue weighted by molar-refractivity contribution is -0.274. The Morgan fingerprint density at radius 1 is 1.10 bits per heavy atom. The molecule has 1 saturated heterocycles. The fourth-order valence-corrected chi connectivity index (χ4v) is 4.02. The summed E-state index contributed by atoms with van der Waals surface area (Å²) in [6.07, 6.45) is -2.23. The largest absolute Gasteiger partial charge is 0.573 e. The summed E-state index contributed by atoms with van der Waals surface area (Å²) in [5.74, 6) is -0.313. The second-order valence-electron chi connectivity index (χ2n) is 6.79. The van der Waals surface area contributed by atoms with Crippen molar-refractivity contribution in [3.05, 3.63) is 65.7 Å². The predicted molar refractivity (Wildman–Crippen MR) is 108 cm³/mol. The van der Waals surface area contributed by atoms with E-state index in [1.807, 2.05) is 29.6 Å². The highest BCUT2D eigenvalue weighted by Gasteiger charge is 2.31. The molecule has 0 bridgehead atoms. The number of carbonyl (C=O) groups excluding carboxylic acids is 1. The maximum Gasteiger partial charge on any atom is 0.573 e. The van der Waals surface area contributed by atoms with Crippen molar-refractivity contribution in [2.45, 2.75) is 19.3 Å². The normalized spacial score (nSPS) is 14.8. The van der Waals surface area contributed by atoms with Gasteiger partial charge in [-0.3, -0.25) is 4.90 Å². The fourth-order valence-electron chi connectivity index (χ4n) is 3.38. The summed E-state index contributed by atoms with van der Waals surface area (Å²) < 4.78 is 40.9. The Morgan fingerprint density at radius 2 is 1.90 bits per heavy atom. The summed E-state index contributed by atoms with van der Waals surface area (Å²) in [5.41, 5.74) is 2.53. The van der Waals surface area contributed by atoms with E-state index in [1.54, 1.807) is 27.3 Å². The number of anilines is 1. The molecule has 4 rings (SSSR count). The first-order chi connectivity index (χ1) is 14.4. The van der Waals surface area contributed by atoms with E-state index in [9.17, 15) is 18.0 Å². The summed E-state index contributed by atoms with van der Waals surface area (Å²) in [5, 5.41) is 2.84. The molecular formula is C21H18F3N3O2S. The monoisotopic (exact) mass is 433 g/mol. The summed E-state index contributed by atoms with van der Waals surface area (Å²) in [6.45, 7) is 1.57. The highest BCUT2D eigenvalue weighted by atomic mass is 32.1. The number of benzene rings is 2. The topological polar surface area (TPSA) is 45.7 Å². The Kier molecular flexibility index (Phi) is 5.63. The van der Waals surface area contributed by atoms with Crippen LogP contribution in [0.4, 0.5) is 23.7 Å². The van der Waals surface area contributed by atoms with Gasteiger partial charge in [0.05, 0.1) is 0 Å². The van der Waals surface area contributed by atoms with E-state index < -0.39 is 6.36 Å². The average molecular weight is 433 g/mol. The zero-order valence-corrected chi connectivity index (χ0v) is 16.6. The van der Waals surface area contributed by atoms with Crippen LogP contribution in [0.25, 0.3) is 10.6 Å². The predicted octanol–water partition coefficient (Wildman–Crippen LogP) is 5.54. The second kappa shape index (κ2) is 8.35. The third-order valence-electron chi connectivity index (χ3n) is 4.67. The van der Waals surface area contributed by atoms with Gasteiger partial charge in [-0.25, -0.2) is 9.78 Å². The van der Waals surface area contributed by atoms with E-state index in [-0.39, 0.29) is 11.8 Å². The molecule has 1 fully saturated rings. The van der Waals surface area contributed by atoms with E-state index in [1.165, 1.54) is 24.3 Å². The molecule has 0 atom stereocenters. The van der Waals surface area contributed by atoms with Crippen LogP contribution in [0.15, 0.2) is 60.1 Å². The number of hydrogen-bond donors (Lipinski definition) is 0. The maximum atomic E-state index is 13.0. The Labute approximate surface area is 175 Å². The van der Waals surface area contributed by atoms with Gasteiger partial charge in [-0.05, 0) is 42.3 Å². The van der Waals surface area contributed by atoms with Crippen molar-refractivity contribution in [2.75, 3.05) is 18.0 Å². The molecule has 5 nitrogen and oxygen atoms in total. The van der Waals surface area contributed by atoms with Crippen molar-refractivity contribution >= 4 is 23.1 Å². The molecule has 30 heavy (non-hydrogen) atoms. The zero-order valence-electron chi connectivity index (χ0n) is 15.8. The average Bonchev–Trinajstić information content (AvgIpc) is 3.24. The molecule has 0 aliphatic carbocycles. The number of aromatic nitrogens is 1. The van der Waals surface area contributed by atoms with Crippen molar-refractivity contribution in [3.63, 3.8) is 0 Å². The van der Waals surface area contributed by atoms with Gasteiger partial charge in [0.15, 0.2) is 0 Å². The van der Waals surface area contributed by atoms with Gasteiger partial charge in [0.25, 0.3) is 0 Å². The number of carbonyl (C=O) groups is 1. The Bertz CT molecular complexity index is 1010. The fraction of sp³-hybridized carbons (Fsp3) is 0.238. The van der Waals surface area contributed by atoms with E-state index in [4.69, 9.17) is 0 Å². The number of amides is 2. The molecule has 1 aromatic heterocycles. The van der Waals surface area contributed by atoms with Crippen LogP contribution in [0.3, 0.4) is 0 Å². The summed E-state index contributed by atoms with van der Waals surface area (Å²) in [4.78, 5) is 20.6. The minimum Gasteiger partial charge on any atom is -0.406 e. The van der Waals surface area contributed by atoms with Crippen molar-refractivity contribution in [1.29, 1.82) is 0 Å². The van der Waals surface area contributed by atoms with Gasteiger partial charge in [-0.2, -0.15) is 0 Å². The van der Waals surface area contributed by atoms with E-state index in [0.29, 0.717) is 25.3 Å². The van der Waals surface area contributed by atoms with Crippen molar-refractivity contribution in [1.82, 2.24) is 9.88 Å². The molecule has 0 saturated carbocycles. The van der Waals surface area contributed by atoms with E-state index in [2.05, 4.69) is 9.72 Å². The van der Waals surface area contributed by atoms with Gasteiger partial charge in [-0.1, -0.05) is 18.2 Å². The number of nitrogens with zero attached hydrogens (tertiary/aromatic N) is 3. The number of hydrogen-bond acceptors (Lipinski definition) is 4. The minimum atomic E-state index is -4.74. The number of thiazole rings is 1. The van der Waals surface area contributed by atoms with Gasteiger partial charge < -0.3 is 9.64 Å². The number of urea groups is 1. The van der Waals surface area contributed by atoms with Gasteiger partial charge >= 0.3 is 12.4 Å². The number of ether oxygens (including phenoxy) is 1. The molecule has 2 aromatic carbocycles. The summed E-state index contributed by atoms with van der Waals surface area (Å²) in [6, 6.07) is 13.1. The van der Waals surface area contributed by atoms with Gasteiger partial charge in [0.2, 0.25) is 0 Å². The summed E-state index contributed by atoms with van der Waals surface area (Å²) >= 11 is 1.55. The van der Waals surface area contributed by atoms with Crippen LogP contribution in [-0.4, -0.2) is 35.4 Å². The molecule has 2 heterocycles. The number of halogens is 3. The lowest BCUT2D eigenvalue weighted by atomic mass is 10.1. The van der Waals surface area contributed by atoms with Gasteiger partial charge in [0, 0.05) is 42.5 Å². The molecule has 9 heteroatoms. The molecule has 1 aliphatic rings. The first-order valence-electron chi connectivity index (χ1n) is 9.30. The lowest BCUT2D eigenvalue weighted by Gasteiger charge is -2.35. The maximum absolute atomic E-state index is 13.0. The number of rotatable bonds is 5. The van der Waals surface area contributed by atoms with Gasteiger partial charge in [-0.15, -0.1) is 24.5 Å². The molecule has 2 amide bonds.